The topological polar surface area (TPSA) is 12.0 Å². The smallest absolute Gasteiger partial charge is 0.0103 e. The van der Waals surface area contributed by atoms with Crippen molar-refractivity contribution in [3.05, 3.63) is 0 Å². The van der Waals surface area contributed by atoms with Gasteiger partial charge in [0.2, 0.25) is 0 Å². The van der Waals surface area contributed by atoms with Gasteiger partial charge < -0.3 is 5.32 Å². The molecule has 1 saturated carbocycles. The van der Waals surface area contributed by atoms with Crippen molar-refractivity contribution in [1.29, 1.82) is 0 Å². The summed E-state index contributed by atoms with van der Waals surface area (Å²) in [7, 11) is 0. The summed E-state index contributed by atoms with van der Waals surface area (Å²) in [6.45, 7) is 15.5. The second kappa shape index (κ2) is 7.67. The van der Waals surface area contributed by atoms with E-state index in [-0.39, 0.29) is 0 Å². The van der Waals surface area contributed by atoms with Crippen LogP contribution in [0.3, 0.4) is 0 Å². The van der Waals surface area contributed by atoms with Gasteiger partial charge in [-0.25, -0.2) is 0 Å². The average Bonchev–Trinajstić information content (AvgIpc) is 2.28. The van der Waals surface area contributed by atoms with E-state index in [2.05, 4.69) is 46.9 Å². The van der Waals surface area contributed by atoms with E-state index in [0.29, 0.717) is 5.41 Å². The van der Waals surface area contributed by atoms with Crippen LogP contribution >= 0.6 is 0 Å². The van der Waals surface area contributed by atoms with Gasteiger partial charge in [-0.3, -0.25) is 0 Å². The second-order valence-corrected chi connectivity index (χ2v) is 7.96. The maximum Gasteiger partial charge on any atom is 0.0103 e. The van der Waals surface area contributed by atoms with Gasteiger partial charge in [0.05, 0.1) is 0 Å². The van der Waals surface area contributed by atoms with Gasteiger partial charge in [-0.1, -0.05) is 60.8 Å². The Kier molecular flexibility index (Phi) is 6.86. The molecular formula is C18H37N. The first-order valence-corrected chi connectivity index (χ1v) is 8.60. The standard InChI is InChI=1S/C18H37N/c1-7-19-17-13-15(4)10-11-16(17)18(5,6)12-8-9-14(2)3/h14-17,19H,7-13H2,1-6H3. The number of nitrogens with one attached hydrogen (secondary N) is 1. The first kappa shape index (κ1) is 17.0. The highest BCUT2D eigenvalue weighted by Gasteiger charge is 2.38. The first-order chi connectivity index (χ1) is 8.86. The first-order valence-electron chi connectivity index (χ1n) is 8.60. The minimum atomic E-state index is 0.502. The highest BCUT2D eigenvalue weighted by molar-refractivity contribution is 4.91. The highest BCUT2D eigenvalue weighted by Crippen LogP contribution is 2.43. The maximum atomic E-state index is 3.77. The van der Waals surface area contributed by atoms with Gasteiger partial charge in [0, 0.05) is 6.04 Å². The zero-order valence-electron chi connectivity index (χ0n) is 14.3. The van der Waals surface area contributed by atoms with Crippen molar-refractivity contribution in [2.45, 2.75) is 86.1 Å². The summed E-state index contributed by atoms with van der Waals surface area (Å²) in [6.07, 6.45) is 8.42. The molecule has 3 unspecified atom stereocenters. The molecule has 0 saturated heterocycles. The fraction of sp³-hybridized carbons (Fsp3) is 1.00. The molecule has 1 aliphatic rings. The second-order valence-electron chi connectivity index (χ2n) is 7.96. The Morgan fingerprint density at radius 2 is 1.89 bits per heavy atom. The lowest BCUT2D eigenvalue weighted by Crippen LogP contribution is -2.46. The van der Waals surface area contributed by atoms with Crippen molar-refractivity contribution in [3.63, 3.8) is 0 Å². The summed E-state index contributed by atoms with van der Waals surface area (Å²) in [6, 6.07) is 0.753. The Bertz CT molecular complexity index is 244. The Morgan fingerprint density at radius 1 is 1.21 bits per heavy atom. The molecular weight excluding hydrogens is 230 g/mol. The van der Waals surface area contributed by atoms with Crippen LogP contribution in [0.2, 0.25) is 0 Å². The molecule has 1 aliphatic carbocycles. The zero-order chi connectivity index (χ0) is 14.5. The lowest BCUT2D eigenvalue weighted by Gasteiger charge is -2.45. The van der Waals surface area contributed by atoms with Crippen LogP contribution in [0.15, 0.2) is 0 Å². The van der Waals surface area contributed by atoms with Gasteiger partial charge in [-0.15, -0.1) is 0 Å². The van der Waals surface area contributed by atoms with Crippen LogP contribution in [0.25, 0.3) is 0 Å². The van der Waals surface area contributed by atoms with Gasteiger partial charge in [-0.2, -0.15) is 0 Å². The normalized spacial score (nSPS) is 28.9. The Balaban J connectivity index is 2.57. The zero-order valence-corrected chi connectivity index (χ0v) is 14.3. The van der Waals surface area contributed by atoms with Crippen LogP contribution in [0.4, 0.5) is 0 Å². The van der Waals surface area contributed by atoms with Crippen molar-refractivity contribution in [3.8, 4) is 0 Å². The SMILES string of the molecule is CCNC1CC(C)CCC1C(C)(C)CCCC(C)C. The van der Waals surface area contributed by atoms with E-state index < -0.39 is 0 Å². The van der Waals surface area contributed by atoms with Crippen molar-refractivity contribution in [2.24, 2.45) is 23.2 Å². The van der Waals surface area contributed by atoms with Crippen molar-refractivity contribution >= 4 is 0 Å². The molecule has 1 N–H and O–H groups in total. The Morgan fingerprint density at radius 3 is 2.47 bits per heavy atom. The summed E-state index contributed by atoms with van der Waals surface area (Å²) in [5, 5.41) is 3.77. The molecule has 0 aromatic rings. The predicted octanol–water partition coefficient (Wildman–Crippen LogP) is 5.25. The van der Waals surface area contributed by atoms with Crippen LogP contribution in [-0.4, -0.2) is 12.6 Å². The number of hydrogen-bond acceptors (Lipinski definition) is 1. The third kappa shape index (κ3) is 5.45. The predicted molar refractivity (Wildman–Crippen MR) is 86.4 cm³/mol. The van der Waals surface area contributed by atoms with Crippen molar-refractivity contribution < 1.29 is 0 Å². The minimum Gasteiger partial charge on any atom is -0.314 e. The van der Waals surface area contributed by atoms with Gasteiger partial charge in [0.15, 0.2) is 0 Å². The molecule has 1 fully saturated rings. The summed E-state index contributed by atoms with van der Waals surface area (Å²) in [4.78, 5) is 0. The van der Waals surface area contributed by atoms with Gasteiger partial charge in [0.1, 0.15) is 0 Å². The van der Waals surface area contributed by atoms with Crippen molar-refractivity contribution in [1.82, 2.24) is 5.32 Å². The highest BCUT2D eigenvalue weighted by atomic mass is 14.9. The van der Waals surface area contributed by atoms with Crippen LogP contribution in [-0.2, 0) is 0 Å². The Labute approximate surface area is 121 Å². The van der Waals surface area contributed by atoms with E-state index in [4.69, 9.17) is 0 Å². The van der Waals surface area contributed by atoms with Crippen LogP contribution in [0.5, 0.6) is 0 Å². The monoisotopic (exact) mass is 267 g/mol. The molecule has 3 atom stereocenters. The van der Waals surface area contributed by atoms with Crippen LogP contribution in [0, 0.1) is 23.2 Å². The van der Waals surface area contributed by atoms with E-state index in [1.807, 2.05) is 0 Å². The number of rotatable bonds is 7. The quantitative estimate of drug-likeness (QED) is 0.664. The largest absolute Gasteiger partial charge is 0.314 e. The average molecular weight is 268 g/mol. The molecule has 19 heavy (non-hydrogen) atoms. The van der Waals surface area contributed by atoms with E-state index in [1.165, 1.54) is 38.5 Å². The molecule has 0 aromatic heterocycles. The third-order valence-electron chi connectivity index (χ3n) is 5.19. The van der Waals surface area contributed by atoms with Crippen LogP contribution < -0.4 is 5.32 Å². The molecule has 1 nitrogen and oxygen atoms in total. The molecule has 0 spiro atoms. The third-order valence-corrected chi connectivity index (χ3v) is 5.19. The fourth-order valence-electron chi connectivity index (χ4n) is 3.96. The number of hydrogen-bond donors (Lipinski definition) is 1. The molecule has 114 valence electrons. The van der Waals surface area contributed by atoms with Gasteiger partial charge in [0.25, 0.3) is 0 Å². The molecule has 0 aromatic carbocycles. The molecule has 1 heteroatoms. The van der Waals surface area contributed by atoms with E-state index >= 15 is 0 Å². The van der Waals surface area contributed by atoms with Gasteiger partial charge in [-0.05, 0) is 49.0 Å². The molecule has 0 aliphatic heterocycles. The molecule has 0 radical (unpaired) electrons. The lowest BCUT2D eigenvalue weighted by atomic mass is 9.64. The van der Waals surface area contributed by atoms with E-state index in [0.717, 1.165) is 30.3 Å². The summed E-state index contributed by atoms with van der Waals surface area (Å²) >= 11 is 0. The maximum absolute atomic E-state index is 3.77. The van der Waals surface area contributed by atoms with Gasteiger partial charge >= 0.3 is 0 Å². The van der Waals surface area contributed by atoms with E-state index in [9.17, 15) is 0 Å². The minimum absolute atomic E-state index is 0.502. The van der Waals surface area contributed by atoms with Crippen molar-refractivity contribution in [2.75, 3.05) is 6.54 Å². The summed E-state index contributed by atoms with van der Waals surface area (Å²) in [5.41, 5.74) is 0.502. The van der Waals surface area contributed by atoms with E-state index in [1.54, 1.807) is 0 Å². The molecule has 0 heterocycles. The lowest BCUT2D eigenvalue weighted by molar-refractivity contribution is 0.0844. The summed E-state index contributed by atoms with van der Waals surface area (Å²) in [5.74, 6) is 2.63. The molecule has 0 bridgehead atoms. The van der Waals surface area contributed by atoms with Crippen LogP contribution in [0.1, 0.15) is 80.1 Å². The molecule has 0 amide bonds. The fourth-order valence-corrected chi connectivity index (χ4v) is 3.96. The summed E-state index contributed by atoms with van der Waals surface area (Å²) < 4.78 is 0. The Hall–Kier alpha value is -0.0400. The molecule has 1 rings (SSSR count).